The quantitative estimate of drug-likeness (QED) is 0.251. The van der Waals surface area contributed by atoms with Gasteiger partial charge in [-0.2, -0.15) is 5.10 Å². The fourth-order valence-electron chi connectivity index (χ4n) is 5.61. The Morgan fingerprint density at radius 2 is 2.05 bits per heavy atom. The maximum absolute atomic E-state index is 14.7. The predicted molar refractivity (Wildman–Crippen MR) is 153 cm³/mol. The molecule has 1 saturated carbocycles. The number of nitrogens with one attached hydrogen (secondary N) is 4. The first-order chi connectivity index (χ1) is 20.2. The van der Waals surface area contributed by atoms with E-state index in [0.717, 1.165) is 12.8 Å². The molecular weight excluding hydrogens is 565 g/mol. The van der Waals surface area contributed by atoms with Gasteiger partial charge in [-0.1, -0.05) is 17.7 Å². The van der Waals surface area contributed by atoms with Crippen LogP contribution in [0.4, 0.5) is 20.6 Å². The van der Waals surface area contributed by atoms with Crippen LogP contribution in [0.5, 0.6) is 0 Å². The second-order valence-corrected chi connectivity index (χ2v) is 10.8. The van der Waals surface area contributed by atoms with E-state index in [9.17, 15) is 18.8 Å². The number of imidazole rings is 1. The average Bonchev–Trinajstić information content (AvgIpc) is 3.59. The van der Waals surface area contributed by atoms with Crippen molar-refractivity contribution in [3.8, 4) is 16.9 Å². The molecule has 216 valence electrons. The standard InChI is InChI=1S/C29H27ClFN7O4/c1-14-19(12-33-38(14)23-5-3-4-20(30)25(23)31)28(40)37-26-17-8-6-15(17)10-24(39)35-21-11-16(34-29(41)42-2)7-9-18(21)22-13-32-27(26)36-22/h3-5,7,9,11-13,15,17,26H,6,8,10H2,1-2H3,(H,32,36)(H,34,41)(H,35,39)(H,37,40)/t15?,17?,26-/m0/s1. The molecule has 1 aliphatic heterocycles. The summed E-state index contributed by atoms with van der Waals surface area (Å²) >= 11 is 5.96. The van der Waals surface area contributed by atoms with Crippen molar-refractivity contribution in [3.05, 3.63) is 76.7 Å². The van der Waals surface area contributed by atoms with E-state index in [1.54, 1.807) is 37.4 Å². The first kappa shape index (κ1) is 27.5. The third kappa shape index (κ3) is 4.98. The highest BCUT2D eigenvalue weighted by Gasteiger charge is 2.41. The van der Waals surface area contributed by atoms with Crippen molar-refractivity contribution >= 4 is 40.9 Å². The van der Waals surface area contributed by atoms with Gasteiger partial charge >= 0.3 is 6.09 Å². The van der Waals surface area contributed by atoms with Crippen LogP contribution in [0.2, 0.25) is 5.02 Å². The number of rotatable bonds is 4. The number of aromatic amines is 1. The molecule has 2 aliphatic rings. The molecule has 2 bridgehead atoms. The van der Waals surface area contributed by atoms with Gasteiger partial charge in [-0.3, -0.25) is 14.9 Å². The van der Waals surface area contributed by atoms with Gasteiger partial charge in [0.25, 0.3) is 5.91 Å². The number of amides is 3. The third-order valence-corrected chi connectivity index (χ3v) is 8.24. The number of ether oxygens (including phenoxy) is 1. The van der Waals surface area contributed by atoms with Crippen molar-refractivity contribution in [2.24, 2.45) is 11.8 Å². The van der Waals surface area contributed by atoms with Crippen LogP contribution in [-0.2, 0) is 9.53 Å². The number of halogens is 2. The number of benzene rings is 2. The topological polar surface area (TPSA) is 143 Å². The number of aromatic nitrogens is 4. The van der Waals surface area contributed by atoms with E-state index in [4.69, 9.17) is 16.6 Å². The minimum atomic E-state index is -0.632. The van der Waals surface area contributed by atoms with Gasteiger partial charge in [-0.05, 0) is 61.9 Å². The van der Waals surface area contributed by atoms with Gasteiger partial charge in [-0.15, -0.1) is 0 Å². The Bertz CT molecular complexity index is 1720. The largest absolute Gasteiger partial charge is 0.453 e. The van der Waals surface area contributed by atoms with E-state index in [0.29, 0.717) is 34.2 Å². The number of anilines is 2. The van der Waals surface area contributed by atoms with Crippen molar-refractivity contribution in [2.45, 2.75) is 32.2 Å². The van der Waals surface area contributed by atoms with Crippen molar-refractivity contribution in [3.63, 3.8) is 0 Å². The van der Waals surface area contributed by atoms with Crippen LogP contribution in [0.3, 0.4) is 0 Å². The first-order valence-electron chi connectivity index (χ1n) is 13.4. The Morgan fingerprint density at radius 3 is 2.81 bits per heavy atom. The molecule has 2 aromatic heterocycles. The number of nitrogens with zero attached hydrogens (tertiary/aromatic N) is 3. The highest BCUT2D eigenvalue weighted by molar-refractivity contribution is 6.30. The SMILES string of the molecule is COC(=O)Nc1ccc2c(c1)NC(=O)CC1CCC1[C@H](NC(=O)c1cnn(-c3cccc(Cl)c3F)c1C)c1nc-2c[nH]1. The molecule has 13 heteroatoms. The summed E-state index contributed by atoms with van der Waals surface area (Å²) in [7, 11) is 1.27. The van der Waals surface area contributed by atoms with Gasteiger partial charge in [0.15, 0.2) is 5.82 Å². The second kappa shape index (κ2) is 10.9. The summed E-state index contributed by atoms with van der Waals surface area (Å²) in [6, 6.07) is 9.16. The molecule has 6 rings (SSSR count). The summed E-state index contributed by atoms with van der Waals surface area (Å²) in [5, 5.41) is 12.9. The molecule has 2 unspecified atom stereocenters. The lowest BCUT2D eigenvalue weighted by Gasteiger charge is -2.41. The maximum atomic E-state index is 14.7. The molecule has 3 heterocycles. The van der Waals surface area contributed by atoms with Gasteiger partial charge < -0.3 is 20.4 Å². The van der Waals surface area contributed by atoms with E-state index >= 15 is 0 Å². The Kier molecular flexibility index (Phi) is 7.15. The average molecular weight is 592 g/mol. The van der Waals surface area contributed by atoms with Gasteiger partial charge in [0, 0.05) is 23.9 Å². The van der Waals surface area contributed by atoms with Crippen LogP contribution in [0.25, 0.3) is 16.9 Å². The molecule has 0 spiro atoms. The number of carbonyl (C=O) groups is 3. The van der Waals surface area contributed by atoms with Gasteiger partial charge in [0.05, 0.1) is 47.0 Å². The monoisotopic (exact) mass is 591 g/mol. The predicted octanol–water partition coefficient (Wildman–Crippen LogP) is 5.38. The molecule has 3 atom stereocenters. The Morgan fingerprint density at radius 1 is 1.21 bits per heavy atom. The zero-order chi connectivity index (χ0) is 29.5. The smallest absolute Gasteiger partial charge is 0.411 e. The van der Waals surface area contributed by atoms with Crippen LogP contribution >= 0.6 is 11.6 Å². The van der Waals surface area contributed by atoms with Crippen LogP contribution in [0.15, 0.2) is 48.8 Å². The summed E-state index contributed by atoms with van der Waals surface area (Å²) in [5.74, 6) is -0.691. The highest BCUT2D eigenvalue weighted by atomic mass is 35.5. The lowest BCUT2D eigenvalue weighted by molar-refractivity contribution is -0.118. The van der Waals surface area contributed by atoms with Crippen LogP contribution < -0.4 is 16.0 Å². The van der Waals surface area contributed by atoms with Crippen LogP contribution in [0.1, 0.15) is 47.2 Å². The van der Waals surface area contributed by atoms with Crippen molar-refractivity contribution < 1.29 is 23.5 Å². The molecule has 11 nitrogen and oxygen atoms in total. The summed E-state index contributed by atoms with van der Waals surface area (Å²) in [5.41, 5.74) is 3.00. The molecule has 3 amide bonds. The molecule has 4 N–H and O–H groups in total. The minimum Gasteiger partial charge on any atom is -0.453 e. The normalized spacial score (nSPS) is 19.3. The third-order valence-electron chi connectivity index (χ3n) is 7.95. The number of methoxy groups -OCH3 is 1. The number of fused-ring (bicyclic) bond motifs is 5. The molecule has 0 radical (unpaired) electrons. The van der Waals surface area contributed by atoms with Crippen molar-refractivity contribution in [2.75, 3.05) is 17.7 Å². The second-order valence-electron chi connectivity index (χ2n) is 10.4. The number of hydrogen-bond donors (Lipinski definition) is 4. The fraction of sp³-hybridized carbons (Fsp3) is 0.276. The summed E-state index contributed by atoms with van der Waals surface area (Å²) in [4.78, 5) is 46.5. The molecule has 42 heavy (non-hydrogen) atoms. The Labute approximate surface area is 244 Å². The lowest BCUT2D eigenvalue weighted by Crippen LogP contribution is -2.42. The Hall–Kier alpha value is -4.71. The van der Waals surface area contributed by atoms with Crippen LogP contribution in [-0.4, -0.2) is 44.8 Å². The van der Waals surface area contributed by atoms with Crippen LogP contribution in [0, 0.1) is 24.6 Å². The molecule has 1 aliphatic carbocycles. The molecule has 4 aromatic rings. The zero-order valence-electron chi connectivity index (χ0n) is 22.7. The molecular formula is C29H27ClFN7O4. The first-order valence-corrected chi connectivity index (χ1v) is 13.8. The number of H-pyrrole nitrogens is 1. The number of carbonyl (C=O) groups excluding carboxylic acids is 3. The van der Waals surface area contributed by atoms with Crippen molar-refractivity contribution in [1.29, 1.82) is 0 Å². The number of hydrogen-bond acceptors (Lipinski definition) is 6. The van der Waals surface area contributed by atoms with E-state index in [1.165, 1.54) is 30.1 Å². The Balaban J connectivity index is 1.32. The minimum absolute atomic E-state index is 0.00570. The van der Waals surface area contributed by atoms with E-state index in [-0.39, 0.29) is 40.4 Å². The fourth-order valence-corrected chi connectivity index (χ4v) is 5.78. The summed E-state index contributed by atoms with van der Waals surface area (Å²) in [6.07, 6.45) is 4.35. The lowest BCUT2D eigenvalue weighted by atomic mass is 9.67. The molecule has 1 fully saturated rings. The van der Waals surface area contributed by atoms with Gasteiger partial charge in [0.2, 0.25) is 5.91 Å². The van der Waals surface area contributed by atoms with E-state index < -0.39 is 23.9 Å². The van der Waals surface area contributed by atoms with E-state index in [1.807, 2.05) is 0 Å². The van der Waals surface area contributed by atoms with Gasteiger partial charge in [0.1, 0.15) is 11.5 Å². The van der Waals surface area contributed by atoms with E-state index in [2.05, 4.69) is 30.8 Å². The maximum Gasteiger partial charge on any atom is 0.411 e. The summed E-state index contributed by atoms with van der Waals surface area (Å²) in [6.45, 7) is 1.68. The highest BCUT2D eigenvalue weighted by Crippen LogP contribution is 2.45. The zero-order valence-corrected chi connectivity index (χ0v) is 23.5. The van der Waals surface area contributed by atoms with Gasteiger partial charge in [-0.25, -0.2) is 18.9 Å². The molecule has 0 saturated heterocycles. The molecule has 2 aromatic carbocycles. The summed E-state index contributed by atoms with van der Waals surface area (Å²) < 4.78 is 20.7. The van der Waals surface area contributed by atoms with Crippen molar-refractivity contribution in [1.82, 2.24) is 25.1 Å².